The lowest BCUT2D eigenvalue weighted by Crippen LogP contribution is -2.52. The smallest absolute Gasteiger partial charge is 0.341 e. The van der Waals surface area contributed by atoms with Crippen LogP contribution < -0.4 is 15.7 Å². The molecule has 9 nitrogen and oxygen atoms in total. The highest BCUT2D eigenvalue weighted by molar-refractivity contribution is 7.72. The monoisotopic (exact) mass is 444 g/mol. The first-order valence-corrected chi connectivity index (χ1v) is 9.94. The summed E-state index contributed by atoms with van der Waals surface area (Å²) in [7, 11) is 1.76. The molecule has 0 radical (unpaired) electrons. The van der Waals surface area contributed by atoms with Crippen LogP contribution in [0.15, 0.2) is 42.5 Å². The van der Waals surface area contributed by atoms with Crippen LogP contribution in [0, 0.1) is 9.54 Å². The maximum Gasteiger partial charge on any atom is 0.341 e. The summed E-state index contributed by atoms with van der Waals surface area (Å²) in [5, 5.41) is 18.0. The SMILES string of the molecule is CN1c2cc(CONc3cccc(-n4c(=S)[nH][nH]c4=S)c3)ccc2CNC1C(=O)O. The fourth-order valence-corrected chi connectivity index (χ4v) is 3.92. The highest BCUT2D eigenvalue weighted by atomic mass is 32.1. The Kier molecular flexibility index (Phi) is 5.68. The minimum Gasteiger partial charge on any atom is -0.479 e. The number of hydrogen-bond acceptors (Lipinski definition) is 7. The fraction of sp³-hybridized carbons (Fsp3) is 0.211. The van der Waals surface area contributed by atoms with Gasteiger partial charge in [0, 0.05) is 19.3 Å². The summed E-state index contributed by atoms with van der Waals surface area (Å²) in [6, 6.07) is 13.4. The second-order valence-corrected chi connectivity index (χ2v) is 7.61. The molecule has 2 aromatic carbocycles. The van der Waals surface area contributed by atoms with Gasteiger partial charge in [0.25, 0.3) is 0 Å². The summed E-state index contributed by atoms with van der Waals surface area (Å²) in [6.07, 6.45) is -0.749. The summed E-state index contributed by atoms with van der Waals surface area (Å²) >= 11 is 10.5. The highest BCUT2D eigenvalue weighted by Gasteiger charge is 2.28. The molecule has 1 aliphatic heterocycles. The second-order valence-electron chi connectivity index (χ2n) is 6.83. The number of benzene rings is 2. The normalized spacial score (nSPS) is 15.6. The van der Waals surface area contributed by atoms with Crippen molar-refractivity contribution in [2.45, 2.75) is 19.3 Å². The number of anilines is 2. The molecule has 0 amide bonds. The molecule has 5 N–H and O–H groups in total. The zero-order valence-electron chi connectivity index (χ0n) is 16.0. The average Bonchev–Trinajstić information content (AvgIpc) is 3.06. The van der Waals surface area contributed by atoms with Crippen molar-refractivity contribution in [2.75, 3.05) is 17.4 Å². The Labute approximate surface area is 182 Å². The summed E-state index contributed by atoms with van der Waals surface area (Å²) in [6.45, 7) is 0.812. The van der Waals surface area contributed by atoms with E-state index >= 15 is 0 Å². The average molecular weight is 445 g/mol. The molecule has 156 valence electrons. The highest BCUT2D eigenvalue weighted by Crippen LogP contribution is 2.27. The Morgan fingerprint density at radius 1 is 1.23 bits per heavy atom. The van der Waals surface area contributed by atoms with Gasteiger partial charge in [-0.1, -0.05) is 18.2 Å². The number of rotatable bonds is 6. The van der Waals surface area contributed by atoms with Gasteiger partial charge in [-0.15, -0.1) is 0 Å². The van der Waals surface area contributed by atoms with Crippen LogP contribution in [0.1, 0.15) is 11.1 Å². The number of hydrogen-bond donors (Lipinski definition) is 5. The summed E-state index contributed by atoms with van der Waals surface area (Å²) in [5.74, 6) is -0.909. The molecule has 1 aromatic heterocycles. The number of fused-ring (bicyclic) bond motifs is 1. The van der Waals surface area contributed by atoms with Crippen molar-refractivity contribution >= 4 is 41.8 Å². The van der Waals surface area contributed by atoms with E-state index in [4.69, 9.17) is 29.3 Å². The van der Waals surface area contributed by atoms with E-state index in [-0.39, 0.29) is 0 Å². The van der Waals surface area contributed by atoms with Crippen LogP contribution in [-0.4, -0.2) is 39.1 Å². The van der Waals surface area contributed by atoms with Gasteiger partial charge in [-0.2, -0.15) is 0 Å². The van der Waals surface area contributed by atoms with Crippen LogP contribution in [-0.2, 0) is 22.8 Å². The lowest BCUT2D eigenvalue weighted by atomic mass is 10.1. The van der Waals surface area contributed by atoms with E-state index in [1.807, 2.05) is 42.5 Å². The van der Waals surface area contributed by atoms with Gasteiger partial charge in [-0.3, -0.25) is 30.4 Å². The van der Waals surface area contributed by atoms with Crippen molar-refractivity contribution in [3.05, 3.63) is 63.1 Å². The van der Waals surface area contributed by atoms with E-state index in [0.29, 0.717) is 22.7 Å². The van der Waals surface area contributed by atoms with Crippen LogP contribution in [0.2, 0.25) is 0 Å². The molecule has 1 atom stereocenters. The number of nitrogens with zero attached hydrogens (tertiary/aromatic N) is 2. The van der Waals surface area contributed by atoms with Crippen molar-refractivity contribution in [1.29, 1.82) is 0 Å². The maximum absolute atomic E-state index is 11.4. The maximum atomic E-state index is 11.4. The van der Waals surface area contributed by atoms with Crippen LogP contribution in [0.5, 0.6) is 0 Å². The molecule has 0 saturated heterocycles. The number of carbonyl (C=O) groups is 1. The Balaban J connectivity index is 1.44. The molecule has 0 spiro atoms. The summed E-state index contributed by atoms with van der Waals surface area (Å²) in [4.78, 5) is 18.8. The lowest BCUT2D eigenvalue weighted by molar-refractivity contribution is -0.139. The van der Waals surface area contributed by atoms with E-state index in [2.05, 4.69) is 21.0 Å². The van der Waals surface area contributed by atoms with Crippen LogP contribution in [0.3, 0.4) is 0 Å². The molecule has 1 aliphatic rings. The van der Waals surface area contributed by atoms with Crippen molar-refractivity contribution in [2.24, 2.45) is 0 Å². The Morgan fingerprint density at radius 3 is 2.73 bits per heavy atom. The third-order valence-corrected chi connectivity index (χ3v) is 5.42. The molecule has 30 heavy (non-hydrogen) atoms. The molecule has 3 aromatic rings. The van der Waals surface area contributed by atoms with Gasteiger partial charge in [-0.05, 0) is 59.8 Å². The molecular weight excluding hydrogens is 424 g/mol. The van der Waals surface area contributed by atoms with Crippen LogP contribution in [0.25, 0.3) is 5.69 Å². The minimum atomic E-state index is -0.909. The predicted molar refractivity (Wildman–Crippen MR) is 118 cm³/mol. The van der Waals surface area contributed by atoms with Gasteiger partial charge in [0.15, 0.2) is 15.7 Å². The molecule has 11 heteroatoms. The molecule has 1 unspecified atom stereocenters. The van der Waals surface area contributed by atoms with Gasteiger partial charge in [0.2, 0.25) is 0 Å². The third-order valence-electron chi connectivity index (χ3n) is 4.85. The third kappa shape index (κ3) is 4.00. The minimum absolute atomic E-state index is 0.306. The molecular formula is C19H20N6O3S2. The van der Waals surface area contributed by atoms with E-state index in [0.717, 1.165) is 28.2 Å². The van der Waals surface area contributed by atoms with Gasteiger partial charge >= 0.3 is 5.97 Å². The fourth-order valence-electron chi connectivity index (χ4n) is 3.37. The van der Waals surface area contributed by atoms with Gasteiger partial charge in [0.05, 0.1) is 18.0 Å². The number of aromatic amines is 2. The quantitative estimate of drug-likeness (QED) is 0.291. The number of carboxylic acid groups (broad SMARTS) is 1. The number of H-pyrrole nitrogens is 2. The van der Waals surface area contributed by atoms with Crippen LogP contribution >= 0.6 is 24.4 Å². The predicted octanol–water partition coefficient (Wildman–Crippen LogP) is 3.09. The first-order chi connectivity index (χ1) is 14.4. The number of aromatic nitrogens is 3. The summed E-state index contributed by atoms with van der Waals surface area (Å²) in [5.41, 5.74) is 7.32. The molecule has 2 heterocycles. The first kappa shape index (κ1) is 20.3. The number of carboxylic acids is 1. The van der Waals surface area contributed by atoms with Crippen molar-refractivity contribution in [1.82, 2.24) is 20.1 Å². The van der Waals surface area contributed by atoms with E-state index in [9.17, 15) is 9.90 Å². The summed E-state index contributed by atoms with van der Waals surface area (Å²) < 4.78 is 2.66. The van der Waals surface area contributed by atoms with Crippen molar-refractivity contribution in [3.63, 3.8) is 0 Å². The van der Waals surface area contributed by atoms with E-state index < -0.39 is 12.1 Å². The zero-order valence-corrected chi connectivity index (χ0v) is 17.6. The van der Waals surface area contributed by atoms with E-state index in [1.165, 1.54) is 0 Å². The van der Waals surface area contributed by atoms with Gasteiger partial charge in [-0.25, -0.2) is 4.79 Å². The molecule has 0 saturated carbocycles. The Bertz CT molecular complexity index is 1170. The lowest BCUT2D eigenvalue weighted by Gasteiger charge is -2.34. The molecule has 0 aliphatic carbocycles. The largest absolute Gasteiger partial charge is 0.479 e. The van der Waals surface area contributed by atoms with Crippen molar-refractivity contribution in [3.8, 4) is 5.69 Å². The molecule has 0 fully saturated rings. The van der Waals surface area contributed by atoms with E-state index in [1.54, 1.807) is 16.5 Å². The van der Waals surface area contributed by atoms with Crippen molar-refractivity contribution < 1.29 is 14.7 Å². The first-order valence-electron chi connectivity index (χ1n) is 9.13. The van der Waals surface area contributed by atoms with Gasteiger partial charge < -0.3 is 10.0 Å². The Morgan fingerprint density at radius 2 is 2.00 bits per heavy atom. The van der Waals surface area contributed by atoms with Gasteiger partial charge in [0.1, 0.15) is 0 Å². The zero-order chi connectivity index (χ0) is 21.3. The molecule has 4 rings (SSSR count). The standard InChI is InChI=1S/C19H20N6O3S2/c1-24-15-7-11(5-6-12(15)9-20-16(24)17(26)27)10-28-23-13-3-2-4-14(8-13)25-18(29)21-22-19(25)30/h2-8,16,20,23H,9-10H2,1H3,(H,21,29)(H,22,30)(H,26,27). The molecule has 0 bridgehead atoms. The number of aliphatic carboxylic acids is 1. The Hall–Kier alpha value is -2.99. The number of likely N-dealkylation sites (N-methyl/N-ethyl adjacent to an activating group) is 1. The number of nitrogens with one attached hydrogen (secondary N) is 4. The topological polar surface area (TPSA) is 110 Å². The second kappa shape index (κ2) is 8.40. The van der Waals surface area contributed by atoms with Crippen LogP contribution in [0.4, 0.5) is 11.4 Å².